The molecule has 0 aliphatic carbocycles. The van der Waals surface area contributed by atoms with Gasteiger partial charge in [-0.05, 0) is 6.07 Å². The van der Waals surface area contributed by atoms with E-state index < -0.39 is 0 Å². The van der Waals surface area contributed by atoms with E-state index in [1.165, 1.54) is 0 Å². The van der Waals surface area contributed by atoms with E-state index in [0.717, 1.165) is 12.0 Å². The first kappa shape index (κ1) is 8.92. The first-order valence-corrected chi connectivity index (χ1v) is 4.17. The third kappa shape index (κ3) is 1.12. The van der Waals surface area contributed by atoms with Crippen LogP contribution in [0.15, 0.2) is 6.07 Å². The van der Waals surface area contributed by atoms with Crippen LogP contribution >= 0.6 is 0 Å². The van der Waals surface area contributed by atoms with Gasteiger partial charge >= 0.3 is 0 Å². The maximum absolute atomic E-state index is 11.1. The van der Waals surface area contributed by atoms with Crippen LogP contribution in [-0.2, 0) is 6.42 Å². The van der Waals surface area contributed by atoms with Crippen LogP contribution in [0.4, 0.5) is 17.1 Å². The minimum absolute atomic E-state index is 0.123. The summed E-state index contributed by atoms with van der Waals surface area (Å²) in [4.78, 5) is 0. The van der Waals surface area contributed by atoms with Gasteiger partial charge in [0.05, 0.1) is 18.0 Å². The number of hydrazine groups is 1. The number of ether oxygens (including phenoxy) is 1. The van der Waals surface area contributed by atoms with Crippen LogP contribution in [0.2, 0.25) is 0 Å². The summed E-state index contributed by atoms with van der Waals surface area (Å²) in [5, 5.41) is 11.2. The zero-order valence-corrected chi connectivity index (χ0v) is 7.49. The first-order chi connectivity index (χ1) is 6.61. The average Bonchev–Trinajstić information content (AvgIpc) is 2.52. The molecule has 1 heterocycles. The summed E-state index contributed by atoms with van der Waals surface area (Å²) < 4.78 is 5.27. The van der Waals surface area contributed by atoms with Gasteiger partial charge in [0.2, 0.25) is 0 Å². The maximum Gasteiger partial charge on any atom is 0.148 e. The summed E-state index contributed by atoms with van der Waals surface area (Å²) in [7, 11) is 0. The number of benzene rings is 1. The van der Waals surface area contributed by atoms with Crippen molar-refractivity contribution in [3.63, 3.8) is 0 Å². The molecule has 6 nitrogen and oxygen atoms in total. The molecule has 0 radical (unpaired) electrons. The van der Waals surface area contributed by atoms with Gasteiger partial charge in [-0.3, -0.25) is 5.84 Å². The van der Waals surface area contributed by atoms with Crippen molar-refractivity contribution in [2.45, 2.75) is 6.42 Å². The highest BCUT2D eigenvalue weighted by Crippen LogP contribution is 2.42. The second-order valence-electron chi connectivity index (χ2n) is 3.14. The van der Waals surface area contributed by atoms with Gasteiger partial charge in [0.15, 0.2) is 0 Å². The molecule has 0 aromatic heterocycles. The lowest BCUT2D eigenvalue weighted by molar-refractivity contribution is 0.357. The number of nitrogens with two attached hydrogens (primary N) is 3. The summed E-state index contributed by atoms with van der Waals surface area (Å²) in [5.41, 5.74) is 12.8. The molecule has 1 aromatic rings. The van der Waals surface area contributed by atoms with Crippen molar-refractivity contribution in [1.82, 2.24) is 0 Å². The average molecular weight is 195 g/mol. The van der Waals surface area contributed by atoms with Crippen molar-refractivity contribution in [2.75, 3.05) is 23.2 Å². The molecule has 0 atom stereocenters. The highest BCUT2D eigenvalue weighted by atomic mass is 16.5. The molecular formula is C8H11N4O2-. The number of nitrogens with zero attached hydrogens (tertiary/aromatic N) is 1. The van der Waals surface area contributed by atoms with Crippen LogP contribution in [0.3, 0.4) is 0 Å². The smallest absolute Gasteiger partial charge is 0.148 e. The predicted molar refractivity (Wildman–Crippen MR) is 54.5 cm³/mol. The van der Waals surface area contributed by atoms with Crippen LogP contribution in [0.25, 0.3) is 0 Å². The summed E-state index contributed by atoms with van der Waals surface area (Å²) in [5.74, 6) is 5.57. The van der Waals surface area contributed by atoms with Crippen LogP contribution < -0.4 is 27.2 Å². The number of nitrogen functional groups attached to an aromatic ring is 2. The zero-order valence-electron chi connectivity index (χ0n) is 7.49. The van der Waals surface area contributed by atoms with Gasteiger partial charge in [0.1, 0.15) is 11.4 Å². The van der Waals surface area contributed by atoms with Gasteiger partial charge in [-0.15, -0.1) is 0 Å². The minimum Gasteiger partial charge on any atom is -0.743 e. The van der Waals surface area contributed by atoms with E-state index in [4.69, 9.17) is 22.0 Å². The normalized spacial score (nSPS) is 13.6. The number of fused-ring (bicyclic) bond motifs is 1. The second kappa shape index (κ2) is 2.93. The Morgan fingerprint density at radius 1 is 1.43 bits per heavy atom. The Bertz CT molecular complexity index is 378. The Morgan fingerprint density at radius 2 is 2.14 bits per heavy atom. The Hall–Kier alpha value is -1.66. The lowest BCUT2D eigenvalue weighted by Crippen LogP contribution is -2.24. The Morgan fingerprint density at radius 3 is 2.79 bits per heavy atom. The fourth-order valence-electron chi connectivity index (χ4n) is 1.57. The molecule has 14 heavy (non-hydrogen) atoms. The minimum atomic E-state index is 0.123. The number of rotatable bonds is 1. The molecule has 2 rings (SSSR count). The monoisotopic (exact) mass is 195 g/mol. The summed E-state index contributed by atoms with van der Waals surface area (Å²) in [6.45, 7) is 0.527. The van der Waals surface area contributed by atoms with E-state index in [9.17, 15) is 5.21 Å². The van der Waals surface area contributed by atoms with E-state index in [0.29, 0.717) is 18.0 Å². The van der Waals surface area contributed by atoms with Crippen molar-refractivity contribution in [1.29, 1.82) is 0 Å². The fraction of sp³-hybridized carbons (Fsp3) is 0.250. The van der Waals surface area contributed by atoms with Gasteiger partial charge in [0.25, 0.3) is 0 Å². The second-order valence-corrected chi connectivity index (χ2v) is 3.14. The van der Waals surface area contributed by atoms with E-state index in [2.05, 4.69) is 0 Å². The molecule has 1 aromatic carbocycles. The first-order valence-electron chi connectivity index (χ1n) is 4.17. The van der Waals surface area contributed by atoms with Crippen molar-refractivity contribution >= 4 is 17.1 Å². The van der Waals surface area contributed by atoms with E-state index in [1.807, 2.05) is 0 Å². The van der Waals surface area contributed by atoms with Crippen molar-refractivity contribution < 1.29 is 4.74 Å². The molecule has 0 spiro atoms. The van der Waals surface area contributed by atoms with E-state index >= 15 is 0 Å². The molecule has 0 fully saturated rings. The van der Waals surface area contributed by atoms with Gasteiger partial charge in [-0.1, -0.05) is 0 Å². The third-order valence-electron chi connectivity index (χ3n) is 2.24. The molecule has 6 N–H and O–H groups in total. The van der Waals surface area contributed by atoms with Gasteiger partial charge in [0, 0.05) is 12.0 Å². The van der Waals surface area contributed by atoms with Crippen LogP contribution in [0.1, 0.15) is 5.56 Å². The van der Waals surface area contributed by atoms with Crippen molar-refractivity contribution in [3.8, 4) is 5.75 Å². The van der Waals surface area contributed by atoms with Crippen LogP contribution in [-0.4, -0.2) is 6.61 Å². The largest absolute Gasteiger partial charge is 0.743 e. The summed E-state index contributed by atoms with van der Waals surface area (Å²) in [6, 6.07) is 1.71. The van der Waals surface area contributed by atoms with Crippen molar-refractivity contribution in [3.05, 3.63) is 16.8 Å². The van der Waals surface area contributed by atoms with Gasteiger partial charge in [-0.2, -0.15) is 0 Å². The van der Waals surface area contributed by atoms with Crippen molar-refractivity contribution in [2.24, 2.45) is 5.84 Å². The number of hydrogen-bond donors (Lipinski definition) is 3. The predicted octanol–water partition coefficient (Wildman–Crippen LogP) is -0.0362. The molecule has 1 aliphatic heterocycles. The van der Waals surface area contributed by atoms with E-state index in [1.54, 1.807) is 6.07 Å². The Balaban J connectivity index is 2.66. The van der Waals surface area contributed by atoms with Gasteiger partial charge < -0.3 is 26.6 Å². The number of hydrogen-bond acceptors (Lipinski definition) is 6. The third-order valence-corrected chi connectivity index (χ3v) is 2.24. The fourth-order valence-corrected chi connectivity index (χ4v) is 1.57. The molecule has 1 aliphatic rings. The van der Waals surface area contributed by atoms with E-state index in [-0.39, 0.29) is 16.5 Å². The lowest BCUT2D eigenvalue weighted by atomic mass is 10.1. The molecule has 0 bridgehead atoms. The van der Waals surface area contributed by atoms with Gasteiger partial charge in [-0.25, -0.2) is 0 Å². The Kier molecular flexibility index (Phi) is 1.87. The maximum atomic E-state index is 11.1. The molecule has 0 amide bonds. The molecular weight excluding hydrogens is 184 g/mol. The molecule has 6 heteroatoms. The SMILES string of the molecule is Nc1cc2c(c(N(N)[O-])c1N)OCC2. The Labute approximate surface area is 80.8 Å². The highest BCUT2D eigenvalue weighted by Gasteiger charge is 2.21. The van der Waals surface area contributed by atoms with Crippen LogP contribution in [0, 0.1) is 5.21 Å². The zero-order chi connectivity index (χ0) is 10.3. The highest BCUT2D eigenvalue weighted by molar-refractivity contribution is 5.86. The standard InChI is InChI=1S/C8H11N4O2/c9-5-3-4-1-2-14-8(4)7(6(5)10)12(11)13/h3H,1-2,9-11H2/q-1. The lowest BCUT2D eigenvalue weighted by Gasteiger charge is -2.27. The quantitative estimate of drug-likeness (QED) is 0.329. The summed E-state index contributed by atoms with van der Waals surface area (Å²) >= 11 is 0. The topological polar surface area (TPSA) is 114 Å². The molecule has 0 saturated heterocycles. The van der Waals surface area contributed by atoms with Crippen LogP contribution in [0.5, 0.6) is 5.75 Å². The molecule has 0 saturated carbocycles. The number of anilines is 3. The summed E-state index contributed by atoms with van der Waals surface area (Å²) in [6.07, 6.45) is 0.723. The molecule has 76 valence electrons. The molecule has 0 unspecified atom stereocenters.